The van der Waals surface area contributed by atoms with Gasteiger partial charge in [-0.3, -0.25) is 9.59 Å². The molecule has 0 fully saturated rings. The molecule has 5 nitrogen and oxygen atoms in total. The number of hydrogen-bond acceptors (Lipinski definition) is 5. The molecule has 0 aliphatic carbocycles. The predicted molar refractivity (Wildman–Crippen MR) is 297 cm³/mol. The van der Waals surface area contributed by atoms with Crippen LogP contribution < -0.4 is 0 Å². The molecule has 0 heterocycles. The maximum atomic E-state index is 12.3. The van der Waals surface area contributed by atoms with Crippen molar-refractivity contribution < 1.29 is 24.2 Å². The lowest BCUT2D eigenvalue weighted by atomic mass is 10.0. The number of rotatable bonds is 49. The van der Waals surface area contributed by atoms with Crippen LogP contribution in [0.2, 0.25) is 0 Å². The van der Waals surface area contributed by atoms with Crippen LogP contribution in [0.5, 0.6) is 0 Å². The van der Waals surface area contributed by atoms with Gasteiger partial charge in [0.2, 0.25) is 0 Å². The minimum absolute atomic E-state index is 0.0807. The molecule has 0 aliphatic rings. The van der Waals surface area contributed by atoms with E-state index >= 15 is 0 Å². The van der Waals surface area contributed by atoms with Crippen molar-refractivity contribution in [1.29, 1.82) is 0 Å². The van der Waals surface area contributed by atoms with Crippen LogP contribution in [-0.2, 0) is 19.1 Å². The van der Waals surface area contributed by atoms with E-state index in [9.17, 15) is 14.7 Å². The van der Waals surface area contributed by atoms with Crippen LogP contribution in [0.4, 0.5) is 0 Å². The first-order valence-corrected chi connectivity index (χ1v) is 27.7. The molecule has 1 unspecified atom stereocenters. The fraction of sp³-hybridized carbons (Fsp3) is 0.619. The molecule has 68 heavy (non-hydrogen) atoms. The molecule has 0 aromatic heterocycles. The number of ether oxygens (including phenoxy) is 2. The standard InChI is InChI=1S/C63H102O5/c1-3-5-7-9-11-13-15-17-19-20-21-22-23-24-25-26-27-28-29-30-31-32-33-34-35-36-37-38-39-40-41-42-44-46-48-50-52-54-56-58-63(66)68-61(59-64)60-67-62(65)57-55-53-51-49-47-45-43-18-16-14-12-10-8-6-4-2/h5-8,11-14,17-19,21-22,24-25,27-28,30-31,33-34,43,61,64H,3-4,9-10,15-16,20,23,26,29,32,35-42,44-60H2,1-2H3/b7-5-,8-6-,13-11-,14-12-,19-17-,22-21-,25-24-,28-27-,31-30-,34-33-,43-18-. The second-order valence-corrected chi connectivity index (χ2v) is 17.9. The zero-order valence-corrected chi connectivity index (χ0v) is 43.8. The molecular formula is C63H102O5. The van der Waals surface area contributed by atoms with Gasteiger partial charge in [-0.15, -0.1) is 0 Å². The third-order valence-electron chi connectivity index (χ3n) is 11.4. The number of aliphatic hydroxyl groups excluding tert-OH is 1. The third-order valence-corrected chi connectivity index (χ3v) is 11.4. The Morgan fingerprint density at radius 3 is 0.882 bits per heavy atom. The topological polar surface area (TPSA) is 72.8 Å². The molecule has 0 saturated heterocycles. The van der Waals surface area contributed by atoms with Gasteiger partial charge in [-0.2, -0.15) is 0 Å². The van der Waals surface area contributed by atoms with E-state index in [0.29, 0.717) is 12.8 Å². The molecule has 0 rings (SSSR count). The smallest absolute Gasteiger partial charge is 0.306 e. The second kappa shape index (κ2) is 57.4. The molecule has 1 atom stereocenters. The van der Waals surface area contributed by atoms with Crippen molar-refractivity contribution in [3.05, 3.63) is 134 Å². The van der Waals surface area contributed by atoms with Crippen LogP contribution >= 0.6 is 0 Å². The third kappa shape index (κ3) is 54.6. The summed E-state index contributed by atoms with van der Waals surface area (Å²) in [6, 6.07) is 0. The van der Waals surface area contributed by atoms with Crippen LogP contribution in [0.1, 0.15) is 232 Å². The predicted octanol–water partition coefficient (Wildman–Crippen LogP) is 18.9. The summed E-state index contributed by atoms with van der Waals surface area (Å²) < 4.78 is 10.7. The molecule has 0 aromatic carbocycles. The van der Waals surface area contributed by atoms with E-state index in [1.54, 1.807) is 0 Å². The molecule has 0 radical (unpaired) electrons. The summed E-state index contributed by atoms with van der Waals surface area (Å²) in [6.07, 6.45) is 85.7. The number of carbonyl (C=O) groups is 2. The summed E-state index contributed by atoms with van der Waals surface area (Å²) in [7, 11) is 0. The summed E-state index contributed by atoms with van der Waals surface area (Å²) in [5.74, 6) is -0.616. The van der Waals surface area contributed by atoms with E-state index in [4.69, 9.17) is 9.47 Å². The summed E-state index contributed by atoms with van der Waals surface area (Å²) in [5.41, 5.74) is 0. The molecule has 0 amide bonds. The van der Waals surface area contributed by atoms with Crippen LogP contribution in [-0.4, -0.2) is 36.4 Å². The molecule has 384 valence electrons. The van der Waals surface area contributed by atoms with Crippen molar-refractivity contribution >= 4 is 11.9 Å². The Morgan fingerprint density at radius 2 is 0.588 bits per heavy atom. The number of hydrogen-bond donors (Lipinski definition) is 1. The Bertz CT molecular complexity index is 1430. The summed E-state index contributed by atoms with van der Waals surface area (Å²) >= 11 is 0. The van der Waals surface area contributed by atoms with Crippen LogP contribution in [0.3, 0.4) is 0 Å². The number of carbonyl (C=O) groups excluding carboxylic acids is 2. The zero-order chi connectivity index (χ0) is 49.2. The largest absolute Gasteiger partial charge is 0.462 e. The van der Waals surface area contributed by atoms with Gasteiger partial charge in [0.1, 0.15) is 6.61 Å². The van der Waals surface area contributed by atoms with Crippen molar-refractivity contribution in [2.24, 2.45) is 0 Å². The quantitative estimate of drug-likeness (QED) is 0.0374. The van der Waals surface area contributed by atoms with Gasteiger partial charge in [0.05, 0.1) is 6.61 Å². The normalized spacial score (nSPS) is 13.3. The second-order valence-electron chi connectivity index (χ2n) is 17.9. The maximum absolute atomic E-state index is 12.3. The maximum Gasteiger partial charge on any atom is 0.306 e. The Hall–Kier alpha value is -3.96. The molecule has 5 heteroatoms. The molecule has 0 bridgehead atoms. The highest BCUT2D eigenvalue weighted by Crippen LogP contribution is 2.15. The minimum Gasteiger partial charge on any atom is -0.462 e. The average molecular weight is 940 g/mol. The van der Waals surface area contributed by atoms with E-state index in [-0.39, 0.29) is 25.2 Å². The van der Waals surface area contributed by atoms with Crippen molar-refractivity contribution in [2.45, 2.75) is 238 Å². The molecule has 1 N–H and O–H groups in total. The summed E-state index contributed by atoms with van der Waals surface area (Å²) in [6.45, 7) is 3.89. The van der Waals surface area contributed by atoms with Crippen molar-refractivity contribution in [1.82, 2.24) is 0 Å². The van der Waals surface area contributed by atoms with Gasteiger partial charge >= 0.3 is 11.9 Å². The molecular weight excluding hydrogens is 837 g/mol. The first-order chi connectivity index (χ1) is 33.6. The fourth-order valence-electron chi connectivity index (χ4n) is 7.35. The number of aliphatic hydroxyl groups is 1. The van der Waals surface area contributed by atoms with E-state index in [1.165, 1.54) is 83.5 Å². The van der Waals surface area contributed by atoms with E-state index in [2.05, 4.69) is 148 Å². The molecule has 0 aliphatic heterocycles. The molecule has 0 aromatic rings. The van der Waals surface area contributed by atoms with Gasteiger partial charge in [-0.25, -0.2) is 0 Å². The lowest BCUT2D eigenvalue weighted by Gasteiger charge is -2.15. The van der Waals surface area contributed by atoms with Gasteiger partial charge in [-0.05, 0) is 109 Å². The number of esters is 2. The molecule has 0 spiro atoms. The first-order valence-electron chi connectivity index (χ1n) is 27.7. The highest BCUT2D eigenvalue weighted by Gasteiger charge is 2.16. The van der Waals surface area contributed by atoms with Crippen molar-refractivity contribution in [3.8, 4) is 0 Å². The lowest BCUT2D eigenvalue weighted by molar-refractivity contribution is -0.161. The highest BCUT2D eigenvalue weighted by molar-refractivity contribution is 5.70. The first kappa shape index (κ1) is 64.0. The van der Waals surface area contributed by atoms with Crippen LogP contribution in [0, 0.1) is 0 Å². The van der Waals surface area contributed by atoms with Gasteiger partial charge in [-0.1, -0.05) is 244 Å². The molecule has 0 saturated carbocycles. The Labute approximate surface area is 419 Å². The SMILES string of the molecule is CC/C=C\C/C=C\C/C=C\C/C=C\C/C=C\C/C=C\C/C=C\C/C=C\CCCCCCCCCCCCCCCCC(=O)OC(CO)COC(=O)CCCCCCC/C=C\C/C=C\C/C=C\CC. The average Bonchev–Trinajstić information content (AvgIpc) is 3.34. The minimum atomic E-state index is -0.787. The van der Waals surface area contributed by atoms with E-state index in [1.807, 2.05) is 0 Å². The fourth-order valence-corrected chi connectivity index (χ4v) is 7.35. The summed E-state index contributed by atoms with van der Waals surface area (Å²) in [5, 5.41) is 9.63. The lowest BCUT2D eigenvalue weighted by Crippen LogP contribution is -2.28. The van der Waals surface area contributed by atoms with Gasteiger partial charge < -0.3 is 14.6 Å². The monoisotopic (exact) mass is 939 g/mol. The zero-order valence-electron chi connectivity index (χ0n) is 43.8. The van der Waals surface area contributed by atoms with Gasteiger partial charge in [0.25, 0.3) is 0 Å². The van der Waals surface area contributed by atoms with E-state index < -0.39 is 6.10 Å². The number of unbranched alkanes of at least 4 members (excludes halogenated alkanes) is 19. The summed E-state index contributed by atoms with van der Waals surface area (Å²) in [4.78, 5) is 24.4. The van der Waals surface area contributed by atoms with Crippen molar-refractivity contribution in [2.75, 3.05) is 13.2 Å². The van der Waals surface area contributed by atoms with Crippen LogP contribution in [0.15, 0.2) is 134 Å². The Balaban J connectivity index is 3.54. The Morgan fingerprint density at radius 1 is 0.338 bits per heavy atom. The van der Waals surface area contributed by atoms with Crippen molar-refractivity contribution in [3.63, 3.8) is 0 Å². The van der Waals surface area contributed by atoms with Gasteiger partial charge in [0, 0.05) is 12.8 Å². The van der Waals surface area contributed by atoms with Gasteiger partial charge in [0.15, 0.2) is 6.10 Å². The highest BCUT2D eigenvalue weighted by atomic mass is 16.6. The van der Waals surface area contributed by atoms with E-state index in [0.717, 1.165) is 122 Å². The number of allylic oxidation sites excluding steroid dienone is 22. The van der Waals surface area contributed by atoms with Crippen LogP contribution in [0.25, 0.3) is 0 Å². The Kier molecular flexibility index (Phi) is 54.0.